The molecule has 6 nitrogen and oxygen atoms in total. The smallest absolute Gasteiger partial charge is 0.416 e. The van der Waals surface area contributed by atoms with E-state index >= 15 is 0 Å². The van der Waals surface area contributed by atoms with Gasteiger partial charge < -0.3 is 20.4 Å². The third kappa shape index (κ3) is 2.91. The Hall–Kier alpha value is -3.40. The summed E-state index contributed by atoms with van der Waals surface area (Å²) in [7, 11) is 0. The number of halogens is 4. The van der Waals surface area contributed by atoms with Crippen molar-refractivity contribution in [1.82, 2.24) is 4.57 Å². The van der Waals surface area contributed by atoms with Gasteiger partial charge in [-0.25, -0.2) is 0 Å². The molecule has 3 aromatic carbocycles. The zero-order valence-electron chi connectivity index (χ0n) is 14.7. The minimum atomic E-state index is -4.58. The lowest BCUT2D eigenvalue weighted by atomic mass is 10.1. The first-order valence-electron chi connectivity index (χ1n) is 8.33. The van der Waals surface area contributed by atoms with Crippen LogP contribution in [0.5, 0.6) is 23.0 Å². The Morgan fingerprint density at radius 2 is 1.50 bits per heavy atom. The number of phenols is 4. The first-order chi connectivity index (χ1) is 14.0. The van der Waals surface area contributed by atoms with Gasteiger partial charge in [0, 0.05) is 26.9 Å². The van der Waals surface area contributed by atoms with E-state index in [-0.39, 0.29) is 31.8 Å². The number of phenolic OH excluding ortho intramolecular Hbond substituents is 4. The second-order valence-corrected chi connectivity index (χ2v) is 7.38. The van der Waals surface area contributed by atoms with Gasteiger partial charge in [0.15, 0.2) is 23.0 Å². The van der Waals surface area contributed by atoms with E-state index in [4.69, 9.17) is 0 Å². The topological polar surface area (TPSA) is 103 Å². The van der Waals surface area contributed by atoms with Crippen molar-refractivity contribution in [3.63, 3.8) is 0 Å². The van der Waals surface area contributed by atoms with Gasteiger partial charge in [0.25, 0.3) is 5.91 Å². The highest BCUT2D eigenvalue weighted by atomic mass is 79.9. The number of alkyl halides is 3. The van der Waals surface area contributed by atoms with Gasteiger partial charge in [-0.3, -0.25) is 9.36 Å². The molecular formula is C20H11BrF3NO5. The lowest BCUT2D eigenvalue weighted by molar-refractivity contribution is -0.137. The Bertz CT molecular complexity index is 1340. The third-order valence-corrected chi connectivity index (χ3v) is 5.32. The molecule has 4 N–H and O–H groups in total. The summed E-state index contributed by atoms with van der Waals surface area (Å²) in [5.74, 6) is -3.05. The van der Waals surface area contributed by atoms with Crippen molar-refractivity contribution < 1.29 is 38.4 Å². The summed E-state index contributed by atoms with van der Waals surface area (Å²) in [5, 5.41) is 40.7. The monoisotopic (exact) mass is 481 g/mol. The number of nitrogens with zero attached hydrogens (tertiary/aromatic N) is 1. The van der Waals surface area contributed by atoms with Crippen molar-refractivity contribution in [2.75, 3.05) is 0 Å². The molecule has 0 fully saturated rings. The standard InChI is InChI=1S/C20H11BrF3NO5/c21-11-6-15(28)18(29)17-16(11)10-5-13(26)14(27)7-12(10)25(17)19(30)8-1-3-9(4-2-8)20(22,23)24/h1-7,26-29H. The minimum Gasteiger partial charge on any atom is -0.504 e. The van der Waals surface area contributed by atoms with E-state index in [1.807, 2.05) is 0 Å². The zero-order chi connectivity index (χ0) is 22.0. The summed E-state index contributed by atoms with van der Waals surface area (Å²) in [4.78, 5) is 13.2. The fraction of sp³-hybridized carbons (Fsp3) is 0.0500. The summed E-state index contributed by atoms with van der Waals surface area (Å²) in [6.45, 7) is 0. The van der Waals surface area contributed by atoms with Gasteiger partial charge in [0.05, 0.1) is 11.1 Å². The van der Waals surface area contributed by atoms with Gasteiger partial charge in [-0.15, -0.1) is 0 Å². The average Bonchev–Trinajstić information content (AvgIpc) is 3.00. The highest BCUT2D eigenvalue weighted by Crippen LogP contribution is 2.46. The lowest BCUT2D eigenvalue weighted by Gasteiger charge is -2.10. The van der Waals surface area contributed by atoms with Crippen LogP contribution in [0.25, 0.3) is 21.8 Å². The van der Waals surface area contributed by atoms with Crippen LogP contribution in [0.15, 0.2) is 46.9 Å². The zero-order valence-corrected chi connectivity index (χ0v) is 16.3. The van der Waals surface area contributed by atoms with Crippen LogP contribution in [0.1, 0.15) is 15.9 Å². The van der Waals surface area contributed by atoms with Crippen LogP contribution in [-0.4, -0.2) is 30.9 Å². The van der Waals surface area contributed by atoms with Crippen LogP contribution in [0.4, 0.5) is 13.2 Å². The van der Waals surface area contributed by atoms with E-state index in [0.717, 1.165) is 34.9 Å². The minimum absolute atomic E-state index is 0.0618. The summed E-state index contributed by atoms with van der Waals surface area (Å²) in [6, 6.07) is 6.90. The quantitative estimate of drug-likeness (QED) is 0.283. The molecule has 0 amide bonds. The predicted octanol–water partition coefficient (Wildman–Crippen LogP) is 5.09. The van der Waals surface area contributed by atoms with Crippen molar-refractivity contribution in [3.05, 3.63) is 58.1 Å². The van der Waals surface area contributed by atoms with Crippen LogP contribution in [0, 0.1) is 0 Å². The largest absolute Gasteiger partial charge is 0.504 e. The van der Waals surface area contributed by atoms with Crippen molar-refractivity contribution >= 4 is 43.6 Å². The predicted molar refractivity (Wildman–Crippen MR) is 105 cm³/mol. The molecule has 0 unspecified atom stereocenters. The fourth-order valence-corrected chi connectivity index (χ4v) is 3.92. The van der Waals surface area contributed by atoms with Crippen LogP contribution in [0.3, 0.4) is 0 Å². The normalized spacial score (nSPS) is 12.0. The Balaban J connectivity index is 2.06. The number of fused-ring (bicyclic) bond motifs is 3. The Morgan fingerprint density at radius 1 is 0.900 bits per heavy atom. The maximum atomic E-state index is 13.2. The molecule has 154 valence electrons. The molecule has 4 rings (SSSR count). The Kier molecular flexibility index (Phi) is 4.35. The second-order valence-electron chi connectivity index (χ2n) is 6.52. The molecule has 0 saturated heterocycles. The van der Waals surface area contributed by atoms with E-state index in [1.54, 1.807) is 0 Å². The van der Waals surface area contributed by atoms with Crippen LogP contribution in [0.2, 0.25) is 0 Å². The summed E-state index contributed by atoms with van der Waals surface area (Å²) < 4.78 is 39.7. The molecule has 0 bridgehead atoms. The molecule has 0 spiro atoms. The lowest BCUT2D eigenvalue weighted by Crippen LogP contribution is -2.13. The maximum absolute atomic E-state index is 13.2. The molecule has 0 aliphatic rings. The van der Waals surface area contributed by atoms with E-state index in [1.165, 1.54) is 12.1 Å². The molecule has 0 aliphatic carbocycles. The number of aromatic nitrogens is 1. The molecule has 1 heterocycles. The summed E-state index contributed by atoms with van der Waals surface area (Å²) in [6.07, 6.45) is -4.58. The van der Waals surface area contributed by atoms with Crippen molar-refractivity contribution in [2.45, 2.75) is 6.18 Å². The molecular weight excluding hydrogens is 471 g/mol. The number of hydrogen-bond acceptors (Lipinski definition) is 5. The first-order valence-corrected chi connectivity index (χ1v) is 9.12. The third-order valence-electron chi connectivity index (χ3n) is 4.69. The van der Waals surface area contributed by atoms with Crippen LogP contribution >= 0.6 is 15.9 Å². The van der Waals surface area contributed by atoms with Crippen LogP contribution in [-0.2, 0) is 6.18 Å². The molecule has 0 atom stereocenters. The van der Waals surface area contributed by atoms with Crippen molar-refractivity contribution in [1.29, 1.82) is 0 Å². The van der Waals surface area contributed by atoms with E-state index in [0.29, 0.717) is 0 Å². The van der Waals surface area contributed by atoms with Crippen LogP contribution < -0.4 is 0 Å². The fourth-order valence-electron chi connectivity index (χ4n) is 3.30. The van der Waals surface area contributed by atoms with Gasteiger partial charge in [0.2, 0.25) is 0 Å². The van der Waals surface area contributed by atoms with E-state index in [9.17, 15) is 38.4 Å². The highest BCUT2D eigenvalue weighted by Gasteiger charge is 2.31. The number of benzene rings is 3. The Morgan fingerprint density at radius 3 is 2.10 bits per heavy atom. The van der Waals surface area contributed by atoms with Gasteiger partial charge in [-0.05, 0) is 52.3 Å². The number of aromatic hydroxyl groups is 4. The number of hydrogen-bond donors (Lipinski definition) is 4. The second kappa shape index (κ2) is 6.56. The van der Waals surface area contributed by atoms with Crippen molar-refractivity contribution in [3.8, 4) is 23.0 Å². The maximum Gasteiger partial charge on any atom is 0.416 e. The number of carbonyl (C=O) groups excluding carboxylic acids is 1. The summed E-state index contributed by atoms with van der Waals surface area (Å²) >= 11 is 3.23. The summed E-state index contributed by atoms with van der Waals surface area (Å²) in [5.41, 5.74) is -1.15. The van der Waals surface area contributed by atoms with Gasteiger partial charge in [0.1, 0.15) is 5.52 Å². The van der Waals surface area contributed by atoms with E-state index in [2.05, 4.69) is 15.9 Å². The first kappa shape index (κ1) is 19.9. The van der Waals surface area contributed by atoms with Gasteiger partial charge in [-0.1, -0.05) is 0 Å². The molecule has 4 aromatic rings. The molecule has 0 saturated carbocycles. The average molecular weight is 482 g/mol. The van der Waals surface area contributed by atoms with Gasteiger partial charge >= 0.3 is 6.18 Å². The molecule has 0 radical (unpaired) electrons. The van der Waals surface area contributed by atoms with E-state index < -0.39 is 40.6 Å². The Labute approximate surface area is 174 Å². The molecule has 0 aliphatic heterocycles. The SMILES string of the molecule is O=C(c1ccc(C(F)(F)F)cc1)n1c2cc(O)c(O)cc2c2c(Br)cc(O)c(O)c21. The molecule has 10 heteroatoms. The van der Waals surface area contributed by atoms with Crippen molar-refractivity contribution in [2.24, 2.45) is 0 Å². The number of rotatable bonds is 1. The number of carbonyl (C=O) groups is 1. The highest BCUT2D eigenvalue weighted by molar-refractivity contribution is 9.10. The molecule has 1 aromatic heterocycles. The van der Waals surface area contributed by atoms with Gasteiger partial charge in [-0.2, -0.15) is 13.2 Å². The molecule has 30 heavy (non-hydrogen) atoms.